The van der Waals surface area contributed by atoms with E-state index in [1.807, 2.05) is 61.5 Å². The van der Waals surface area contributed by atoms with Gasteiger partial charge in [-0.25, -0.2) is 0 Å². The van der Waals surface area contributed by atoms with E-state index in [1.54, 1.807) is 12.1 Å². The molecule has 3 aromatic rings. The Bertz CT molecular complexity index is 969. The highest BCUT2D eigenvalue weighted by molar-refractivity contribution is 5.45. The molecule has 0 amide bonds. The lowest BCUT2D eigenvalue weighted by Gasteiger charge is -2.20. The molecule has 1 unspecified atom stereocenters. The van der Waals surface area contributed by atoms with Crippen molar-refractivity contribution in [2.45, 2.75) is 25.4 Å². The highest BCUT2D eigenvalue weighted by Gasteiger charge is 2.34. The molecule has 0 bridgehead atoms. The van der Waals surface area contributed by atoms with Crippen molar-refractivity contribution < 1.29 is 13.2 Å². The van der Waals surface area contributed by atoms with Crippen molar-refractivity contribution in [3.05, 3.63) is 106 Å². The summed E-state index contributed by atoms with van der Waals surface area (Å²) < 4.78 is 40.2. The third kappa shape index (κ3) is 4.38. The third-order valence-corrected chi connectivity index (χ3v) is 4.60. The normalized spacial score (nSPS) is 12.4. The SMILES string of the molecule is Cc1cccc(CC(c2ccccc2)c2ccc(C#N)c(C(F)(F)F)c2)c1. The van der Waals surface area contributed by atoms with Gasteiger partial charge in [0.2, 0.25) is 0 Å². The van der Waals surface area contributed by atoms with Crippen molar-refractivity contribution in [1.82, 2.24) is 0 Å². The summed E-state index contributed by atoms with van der Waals surface area (Å²) in [5.41, 5.74) is 2.42. The highest BCUT2D eigenvalue weighted by Crippen LogP contribution is 2.36. The van der Waals surface area contributed by atoms with Gasteiger partial charge in [0.05, 0.1) is 17.2 Å². The van der Waals surface area contributed by atoms with Gasteiger partial charge in [-0.3, -0.25) is 0 Å². The smallest absolute Gasteiger partial charge is 0.192 e. The molecule has 0 spiro atoms. The Labute approximate surface area is 156 Å². The van der Waals surface area contributed by atoms with Crippen molar-refractivity contribution in [2.24, 2.45) is 0 Å². The molecule has 1 nitrogen and oxygen atoms in total. The van der Waals surface area contributed by atoms with E-state index in [9.17, 15) is 13.2 Å². The van der Waals surface area contributed by atoms with Gasteiger partial charge in [-0.15, -0.1) is 0 Å². The van der Waals surface area contributed by atoms with E-state index in [0.717, 1.165) is 22.8 Å². The van der Waals surface area contributed by atoms with E-state index < -0.39 is 11.7 Å². The summed E-state index contributed by atoms with van der Waals surface area (Å²) >= 11 is 0. The largest absolute Gasteiger partial charge is 0.417 e. The Morgan fingerprint density at radius 2 is 1.63 bits per heavy atom. The fourth-order valence-corrected chi connectivity index (χ4v) is 3.30. The molecule has 0 radical (unpaired) electrons. The number of halogens is 3. The lowest BCUT2D eigenvalue weighted by Crippen LogP contribution is -2.11. The van der Waals surface area contributed by atoms with Gasteiger partial charge in [0.25, 0.3) is 0 Å². The second-order valence-electron chi connectivity index (χ2n) is 6.57. The Hall–Kier alpha value is -3.06. The summed E-state index contributed by atoms with van der Waals surface area (Å²) in [6, 6.07) is 23.1. The summed E-state index contributed by atoms with van der Waals surface area (Å²) in [6.45, 7) is 1.99. The number of rotatable bonds is 4. The van der Waals surface area contributed by atoms with Crippen LogP contribution >= 0.6 is 0 Å². The number of hydrogen-bond acceptors (Lipinski definition) is 1. The fraction of sp³-hybridized carbons (Fsp3) is 0.174. The predicted octanol–water partition coefficient (Wildman–Crippen LogP) is 6.26. The quantitative estimate of drug-likeness (QED) is 0.535. The van der Waals surface area contributed by atoms with Crippen LogP contribution < -0.4 is 0 Å². The van der Waals surface area contributed by atoms with Crippen LogP contribution in [-0.2, 0) is 12.6 Å². The van der Waals surface area contributed by atoms with Crippen molar-refractivity contribution >= 4 is 0 Å². The number of alkyl halides is 3. The van der Waals surface area contributed by atoms with E-state index in [1.165, 1.54) is 6.07 Å². The van der Waals surface area contributed by atoms with Crippen molar-refractivity contribution in [1.29, 1.82) is 5.26 Å². The first-order valence-electron chi connectivity index (χ1n) is 8.60. The van der Waals surface area contributed by atoms with Gasteiger partial charge in [-0.05, 0) is 42.2 Å². The second kappa shape index (κ2) is 7.67. The van der Waals surface area contributed by atoms with E-state index >= 15 is 0 Å². The monoisotopic (exact) mass is 365 g/mol. The standard InChI is InChI=1S/C23H18F3N/c1-16-6-5-7-17(12-16)13-21(18-8-3-2-4-9-18)19-10-11-20(15-27)22(14-19)23(24,25)26/h2-12,14,21H,13H2,1H3. The average Bonchev–Trinajstić information content (AvgIpc) is 2.66. The van der Waals surface area contributed by atoms with Crippen LogP contribution in [0.4, 0.5) is 13.2 Å². The van der Waals surface area contributed by atoms with Crippen LogP contribution in [0, 0.1) is 18.3 Å². The highest BCUT2D eigenvalue weighted by atomic mass is 19.4. The van der Waals surface area contributed by atoms with E-state index in [4.69, 9.17) is 5.26 Å². The summed E-state index contributed by atoms with van der Waals surface area (Å²) in [4.78, 5) is 0. The van der Waals surface area contributed by atoms with Crippen molar-refractivity contribution in [3.63, 3.8) is 0 Å². The average molecular weight is 365 g/mol. The lowest BCUT2D eigenvalue weighted by atomic mass is 9.84. The maximum atomic E-state index is 13.4. The van der Waals surface area contributed by atoms with Gasteiger partial charge in [-0.1, -0.05) is 66.2 Å². The minimum atomic E-state index is -4.56. The molecular weight excluding hydrogens is 347 g/mol. The number of nitriles is 1. The summed E-state index contributed by atoms with van der Waals surface area (Å²) in [7, 11) is 0. The maximum Gasteiger partial charge on any atom is 0.417 e. The molecule has 136 valence electrons. The van der Waals surface area contributed by atoms with Crippen LogP contribution in [0.2, 0.25) is 0 Å². The number of benzene rings is 3. The molecule has 0 saturated heterocycles. The van der Waals surface area contributed by atoms with E-state index in [0.29, 0.717) is 12.0 Å². The molecule has 3 rings (SSSR count). The fourth-order valence-electron chi connectivity index (χ4n) is 3.30. The second-order valence-corrected chi connectivity index (χ2v) is 6.57. The molecular formula is C23H18F3N. The first-order chi connectivity index (χ1) is 12.9. The van der Waals surface area contributed by atoms with E-state index in [-0.39, 0.29) is 11.5 Å². The third-order valence-electron chi connectivity index (χ3n) is 4.60. The first kappa shape index (κ1) is 18.7. The van der Waals surface area contributed by atoms with Gasteiger partial charge in [-0.2, -0.15) is 18.4 Å². The molecule has 0 N–H and O–H groups in total. The first-order valence-corrected chi connectivity index (χ1v) is 8.60. The van der Waals surface area contributed by atoms with Crippen LogP contribution in [-0.4, -0.2) is 0 Å². The molecule has 0 saturated carbocycles. The molecule has 4 heteroatoms. The number of aryl methyl sites for hydroxylation is 1. The Morgan fingerprint density at radius 1 is 0.889 bits per heavy atom. The zero-order chi connectivity index (χ0) is 19.4. The summed E-state index contributed by atoms with van der Waals surface area (Å²) in [6.07, 6.45) is -3.99. The van der Waals surface area contributed by atoms with Gasteiger partial charge in [0.1, 0.15) is 0 Å². The van der Waals surface area contributed by atoms with Gasteiger partial charge in [0, 0.05) is 5.92 Å². The van der Waals surface area contributed by atoms with Gasteiger partial charge >= 0.3 is 6.18 Å². The molecule has 1 atom stereocenters. The van der Waals surface area contributed by atoms with Crippen molar-refractivity contribution in [2.75, 3.05) is 0 Å². The van der Waals surface area contributed by atoms with Crippen LogP contribution in [0.25, 0.3) is 0 Å². The zero-order valence-electron chi connectivity index (χ0n) is 14.8. The predicted molar refractivity (Wildman–Crippen MR) is 99.3 cm³/mol. The van der Waals surface area contributed by atoms with Crippen LogP contribution in [0.1, 0.15) is 39.3 Å². The molecule has 27 heavy (non-hydrogen) atoms. The minimum absolute atomic E-state index is 0.234. The van der Waals surface area contributed by atoms with Crippen LogP contribution in [0.15, 0.2) is 72.8 Å². The molecule has 0 aliphatic heterocycles. The molecule has 0 aromatic heterocycles. The topological polar surface area (TPSA) is 23.8 Å². The molecule has 0 fully saturated rings. The molecule has 0 aliphatic carbocycles. The Balaban J connectivity index is 2.10. The van der Waals surface area contributed by atoms with E-state index in [2.05, 4.69) is 0 Å². The van der Waals surface area contributed by atoms with Gasteiger partial charge in [0.15, 0.2) is 0 Å². The summed E-state index contributed by atoms with van der Waals surface area (Å²) in [5.74, 6) is -0.234. The molecule has 0 aliphatic rings. The molecule has 0 heterocycles. The Kier molecular flexibility index (Phi) is 5.32. The van der Waals surface area contributed by atoms with Crippen molar-refractivity contribution in [3.8, 4) is 6.07 Å². The summed E-state index contributed by atoms with van der Waals surface area (Å²) in [5, 5.41) is 9.04. The minimum Gasteiger partial charge on any atom is -0.192 e. The van der Waals surface area contributed by atoms with Gasteiger partial charge < -0.3 is 0 Å². The van der Waals surface area contributed by atoms with Crippen LogP contribution in [0.5, 0.6) is 0 Å². The van der Waals surface area contributed by atoms with Crippen LogP contribution in [0.3, 0.4) is 0 Å². The maximum absolute atomic E-state index is 13.4. The zero-order valence-corrected chi connectivity index (χ0v) is 14.8. The molecule has 3 aromatic carbocycles. The Morgan fingerprint density at radius 3 is 2.26 bits per heavy atom. The number of nitrogens with zero attached hydrogens (tertiary/aromatic N) is 1. The number of hydrogen-bond donors (Lipinski definition) is 0. The lowest BCUT2D eigenvalue weighted by molar-refractivity contribution is -0.137.